The minimum atomic E-state index is -0.427. The van der Waals surface area contributed by atoms with Gasteiger partial charge in [-0.3, -0.25) is 0 Å². The summed E-state index contributed by atoms with van der Waals surface area (Å²) in [5.41, 5.74) is 2.14. The number of likely N-dealkylation sites (tertiary alicyclic amines) is 1. The number of anilines is 2. The van der Waals surface area contributed by atoms with Crippen LogP contribution < -0.4 is 9.80 Å². The molecule has 1 aromatic carbocycles. The molecular weight excluding hydrogens is 376 g/mol. The molecule has 168 valence electrons. The van der Waals surface area contributed by atoms with Gasteiger partial charge in [0.15, 0.2) is 0 Å². The molecule has 6 heteroatoms. The maximum Gasteiger partial charge on any atom is 0.516 e. The minimum Gasteiger partial charge on any atom is -0.414 e. The number of carbonyl (C=O) groups is 1. The van der Waals surface area contributed by atoms with Crippen LogP contribution in [0.15, 0.2) is 24.3 Å². The van der Waals surface area contributed by atoms with Crippen LogP contribution in [-0.4, -0.2) is 88.5 Å². The van der Waals surface area contributed by atoms with E-state index < -0.39 is 5.60 Å². The molecule has 0 aromatic heterocycles. The summed E-state index contributed by atoms with van der Waals surface area (Å²) in [4.78, 5) is 19.8. The molecule has 2 fully saturated rings. The molecule has 2 heterocycles. The lowest BCUT2D eigenvalue weighted by Gasteiger charge is -2.31. The van der Waals surface area contributed by atoms with Gasteiger partial charge in [0, 0.05) is 49.9 Å². The van der Waals surface area contributed by atoms with Gasteiger partial charge in [-0.15, -0.1) is 0 Å². The first-order chi connectivity index (χ1) is 14.0. The highest BCUT2D eigenvalue weighted by atomic mass is 16.6. The number of rotatable bonds is 6. The van der Waals surface area contributed by atoms with E-state index in [2.05, 4.69) is 60.1 Å². The molecule has 0 bridgehead atoms. The molecule has 0 radical (unpaired) electrons. The normalized spacial score (nSPS) is 26.2. The van der Waals surface area contributed by atoms with Crippen molar-refractivity contribution in [3.8, 4) is 0 Å². The smallest absolute Gasteiger partial charge is 0.414 e. The van der Waals surface area contributed by atoms with E-state index in [0.717, 1.165) is 45.7 Å². The number of hydrogen-bond donors (Lipinski definition) is 0. The van der Waals surface area contributed by atoms with Crippen molar-refractivity contribution in [3.63, 3.8) is 0 Å². The SMILES string of the molecule is CN(C)CCCN(C)c1ccc(N2C[C@@H]3C[N+](C)(C(=O)OC(C)(C)C)C[C@@H]3C2)cc1. The fourth-order valence-electron chi connectivity index (χ4n) is 4.87. The second-order valence-electron chi connectivity index (χ2n) is 10.8. The summed E-state index contributed by atoms with van der Waals surface area (Å²) in [6.45, 7) is 11.8. The van der Waals surface area contributed by atoms with Gasteiger partial charge in [-0.1, -0.05) is 0 Å². The Morgan fingerprint density at radius 1 is 1.07 bits per heavy atom. The van der Waals surface area contributed by atoms with Crippen LogP contribution in [0.25, 0.3) is 0 Å². The van der Waals surface area contributed by atoms with Crippen LogP contribution in [0.2, 0.25) is 0 Å². The fourth-order valence-corrected chi connectivity index (χ4v) is 4.87. The zero-order valence-electron chi connectivity index (χ0n) is 20.0. The van der Waals surface area contributed by atoms with E-state index in [-0.39, 0.29) is 6.09 Å². The number of benzene rings is 1. The Hall–Kier alpha value is -1.79. The summed E-state index contributed by atoms with van der Waals surface area (Å²) in [5.74, 6) is 1.10. The lowest BCUT2D eigenvalue weighted by molar-refractivity contribution is -0.828. The summed E-state index contributed by atoms with van der Waals surface area (Å²) in [7, 11) is 8.45. The Morgan fingerprint density at radius 3 is 2.13 bits per heavy atom. The van der Waals surface area contributed by atoms with Gasteiger partial charge >= 0.3 is 6.09 Å². The van der Waals surface area contributed by atoms with Crippen molar-refractivity contribution in [2.75, 3.05) is 77.3 Å². The Balaban J connectivity index is 1.54. The van der Waals surface area contributed by atoms with Gasteiger partial charge in [0.2, 0.25) is 0 Å². The summed E-state index contributed by atoms with van der Waals surface area (Å²) in [5, 5.41) is 0. The van der Waals surface area contributed by atoms with E-state index in [0.29, 0.717) is 16.3 Å². The van der Waals surface area contributed by atoms with Crippen LogP contribution in [0.5, 0.6) is 0 Å². The average Bonchev–Trinajstić information content (AvgIpc) is 3.16. The van der Waals surface area contributed by atoms with Gasteiger partial charge in [-0.2, -0.15) is 4.79 Å². The van der Waals surface area contributed by atoms with Crippen LogP contribution in [0.3, 0.4) is 0 Å². The molecule has 2 aliphatic rings. The molecule has 2 aliphatic heterocycles. The lowest BCUT2D eigenvalue weighted by atomic mass is 10.0. The quantitative estimate of drug-likeness (QED) is 0.662. The maximum absolute atomic E-state index is 12.7. The first kappa shape index (κ1) is 22.9. The molecule has 6 nitrogen and oxygen atoms in total. The Kier molecular flexibility index (Phi) is 6.68. The van der Waals surface area contributed by atoms with Gasteiger partial charge in [0.25, 0.3) is 0 Å². The third-order valence-corrected chi connectivity index (χ3v) is 6.44. The largest absolute Gasteiger partial charge is 0.516 e. The number of quaternary nitrogens is 1. The van der Waals surface area contributed by atoms with Crippen molar-refractivity contribution >= 4 is 17.5 Å². The molecule has 1 unspecified atom stereocenters. The van der Waals surface area contributed by atoms with Crippen molar-refractivity contribution < 1.29 is 14.0 Å². The first-order valence-electron chi connectivity index (χ1n) is 11.3. The minimum absolute atomic E-state index is 0.0786. The number of fused-ring (bicyclic) bond motifs is 1. The molecule has 0 spiro atoms. The van der Waals surface area contributed by atoms with E-state index in [1.54, 1.807) is 0 Å². The standard InChI is InChI=1S/C24H41N4O2/c1-24(2,3)30-23(29)28(7)17-19-15-27(16-20(19)18-28)22-11-9-21(10-12-22)26(6)14-8-13-25(4)5/h9-12,19-20H,8,13-18H2,1-7H3/q+1/t19-,20+,28?. The summed E-state index contributed by atoms with van der Waals surface area (Å²) >= 11 is 0. The van der Waals surface area contributed by atoms with Crippen molar-refractivity contribution in [1.29, 1.82) is 0 Å². The van der Waals surface area contributed by atoms with Crippen LogP contribution in [0.4, 0.5) is 16.2 Å². The summed E-state index contributed by atoms with van der Waals surface area (Å²) in [6, 6.07) is 8.97. The molecule has 2 saturated heterocycles. The number of carbonyl (C=O) groups excluding carboxylic acids is 1. The molecular formula is C24H41N4O2+. The van der Waals surface area contributed by atoms with Gasteiger partial charge in [-0.25, -0.2) is 4.48 Å². The highest BCUT2D eigenvalue weighted by molar-refractivity contribution is 5.61. The Labute approximate surface area is 183 Å². The molecule has 0 saturated carbocycles. The monoisotopic (exact) mass is 417 g/mol. The fraction of sp³-hybridized carbons (Fsp3) is 0.708. The molecule has 0 aliphatic carbocycles. The van der Waals surface area contributed by atoms with E-state index in [1.807, 2.05) is 27.8 Å². The van der Waals surface area contributed by atoms with Crippen LogP contribution >= 0.6 is 0 Å². The highest BCUT2D eigenvalue weighted by Gasteiger charge is 2.52. The van der Waals surface area contributed by atoms with E-state index >= 15 is 0 Å². The molecule has 3 rings (SSSR count). The second-order valence-corrected chi connectivity index (χ2v) is 10.8. The van der Waals surface area contributed by atoms with Crippen molar-refractivity contribution in [2.45, 2.75) is 32.8 Å². The van der Waals surface area contributed by atoms with E-state index in [9.17, 15) is 4.79 Å². The Morgan fingerprint density at radius 2 is 1.63 bits per heavy atom. The van der Waals surface area contributed by atoms with Gasteiger partial charge in [-0.05, 0) is 72.1 Å². The topological polar surface area (TPSA) is 36.0 Å². The van der Waals surface area contributed by atoms with Crippen molar-refractivity contribution in [2.24, 2.45) is 11.8 Å². The van der Waals surface area contributed by atoms with Gasteiger partial charge < -0.3 is 19.4 Å². The van der Waals surface area contributed by atoms with Crippen LogP contribution in [0, 0.1) is 11.8 Å². The van der Waals surface area contributed by atoms with E-state index in [4.69, 9.17) is 4.74 Å². The zero-order valence-corrected chi connectivity index (χ0v) is 20.0. The molecule has 3 atom stereocenters. The van der Waals surface area contributed by atoms with Crippen molar-refractivity contribution in [3.05, 3.63) is 24.3 Å². The van der Waals surface area contributed by atoms with Crippen molar-refractivity contribution in [1.82, 2.24) is 4.90 Å². The number of hydrogen-bond acceptors (Lipinski definition) is 5. The predicted molar refractivity (Wildman–Crippen MR) is 124 cm³/mol. The number of amides is 1. The third-order valence-electron chi connectivity index (χ3n) is 6.44. The van der Waals surface area contributed by atoms with E-state index in [1.165, 1.54) is 11.4 Å². The lowest BCUT2D eigenvalue weighted by Crippen LogP contribution is -2.51. The third kappa shape index (κ3) is 5.46. The van der Waals surface area contributed by atoms with Gasteiger partial charge in [0.1, 0.15) is 5.60 Å². The van der Waals surface area contributed by atoms with Crippen LogP contribution in [-0.2, 0) is 4.74 Å². The Bertz CT molecular complexity index is 712. The molecule has 30 heavy (non-hydrogen) atoms. The molecule has 1 aromatic rings. The zero-order chi connectivity index (χ0) is 22.1. The average molecular weight is 418 g/mol. The number of nitrogens with zero attached hydrogens (tertiary/aromatic N) is 4. The second kappa shape index (κ2) is 8.75. The first-order valence-corrected chi connectivity index (χ1v) is 11.3. The maximum atomic E-state index is 12.7. The number of ether oxygens (including phenoxy) is 1. The summed E-state index contributed by atoms with van der Waals surface area (Å²) < 4.78 is 6.10. The van der Waals surface area contributed by atoms with Crippen LogP contribution in [0.1, 0.15) is 27.2 Å². The predicted octanol–water partition coefficient (Wildman–Crippen LogP) is 3.52. The summed E-state index contributed by atoms with van der Waals surface area (Å²) in [6.07, 6.45) is 1.08. The highest BCUT2D eigenvalue weighted by Crippen LogP contribution is 2.38. The van der Waals surface area contributed by atoms with Gasteiger partial charge in [0.05, 0.1) is 20.1 Å². The molecule has 1 amide bonds. The molecule has 0 N–H and O–H groups in total.